The van der Waals surface area contributed by atoms with Gasteiger partial charge in [0.25, 0.3) is 0 Å². The molecule has 0 radical (unpaired) electrons. The Morgan fingerprint density at radius 3 is 1.88 bits per heavy atom. The van der Waals surface area contributed by atoms with Gasteiger partial charge in [-0.1, -0.05) is 106 Å². The van der Waals surface area contributed by atoms with Crippen molar-refractivity contribution in [3.05, 3.63) is 60.2 Å². The van der Waals surface area contributed by atoms with E-state index in [-0.39, 0.29) is 0 Å². The first-order valence-corrected chi connectivity index (χ1v) is 13.9. The fourth-order valence-corrected chi connectivity index (χ4v) is 4.54. The van der Waals surface area contributed by atoms with Gasteiger partial charge in [0.15, 0.2) is 0 Å². The molecular formula is C28H43O3P. The van der Waals surface area contributed by atoms with Crippen LogP contribution < -0.4 is 0 Å². The molecule has 2 aromatic rings. The predicted octanol–water partition coefficient (Wildman–Crippen LogP) is 8.63. The molecule has 0 spiro atoms. The van der Waals surface area contributed by atoms with Gasteiger partial charge in [0.1, 0.15) is 0 Å². The van der Waals surface area contributed by atoms with Gasteiger partial charge in [-0.05, 0) is 61.3 Å². The van der Waals surface area contributed by atoms with Crippen LogP contribution in [0.3, 0.4) is 0 Å². The van der Waals surface area contributed by atoms with Gasteiger partial charge in [-0.3, -0.25) is 0 Å². The predicted molar refractivity (Wildman–Crippen MR) is 139 cm³/mol. The fourth-order valence-electron chi connectivity index (χ4n) is 4.25. The Morgan fingerprint density at radius 2 is 1.19 bits per heavy atom. The van der Waals surface area contributed by atoms with Crippen LogP contribution in [0.4, 0.5) is 0 Å². The second kappa shape index (κ2) is 18.2. The molecule has 0 amide bonds. The molecule has 0 aromatic heterocycles. The Labute approximate surface area is 196 Å². The molecule has 2 rings (SSSR count). The molecule has 0 saturated heterocycles. The molecule has 4 heteroatoms. The third-order valence-corrected chi connectivity index (χ3v) is 6.50. The van der Waals surface area contributed by atoms with Crippen LogP contribution >= 0.6 is 8.60 Å². The summed E-state index contributed by atoms with van der Waals surface area (Å²) in [6.45, 7) is 0.465. The summed E-state index contributed by atoms with van der Waals surface area (Å²) in [7, 11) is -2.17. The third-order valence-electron chi connectivity index (χ3n) is 6.09. The standard InChI is InChI=1S/C28H43O3P/c29-32(30)31-25-18-14-12-10-8-6-4-2-1-3-5-7-9-11-13-15-20-26-22-19-23-27-21-16-17-24-28(26)27/h1-2,16-17,19,21-24,29-30H,3-15,18,20,25H2/b2-1-. The Bertz CT molecular complexity index is 739. The zero-order chi connectivity index (χ0) is 22.7. The lowest BCUT2D eigenvalue weighted by Crippen LogP contribution is -1.89. The maximum atomic E-state index is 8.64. The third kappa shape index (κ3) is 12.7. The summed E-state index contributed by atoms with van der Waals surface area (Å²) in [5.41, 5.74) is 1.50. The van der Waals surface area contributed by atoms with E-state index in [1.54, 1.807) is 0 Å². The van der Waals surface area contributed by atoms with Gasteiger partial charge in [0.05, 0.1) is 6.61 Å². The minimum Gasteiger partial charge on any atom is -0.328 e. The second-order valence-electron chi connectivity index (χ2n) is 8.77. The second-order valence-corrected chi connectivity index (χ2v) is 9.53. The van der Waals surface area contributed by atoms with E-state index in [1.165, 1.54) is 99.8 Å². The lowest BCUT2D eigenvalue weighted by molar-refractivity contribution is 0.248. The molecule has 0 aliphatic rings. The maximum absolute atomic E-state index is 8.64. The summed E-state index contributed by atoms with van der Waals surface area (Å²) in [6.07, 6.45) is 23.5. The van der Waals surface area contributed by atoms with Crippen molar-refractivity contribution in [2.24, 2.45) is 0 Å². The van der Waals surface area contributed by atoms with Crippen molar-refractivity contribution in [1.29, 1.82) is 0 Å². The van der Waals surface area contributed by atoms with E-state index in [2.05, 4.69) is 54.6 Å². The molecule has 2 aromatic carbocycles. The van der Waals surface area contributed by atoms with Gasteiger partial charge in [-0.15, -0.1) is 0 Å². The van der Waals surface area contributed by atoms with Crippen molar-refractivity contribution in [3.63, 3.8) is 0 Å². The van der Waals surface area contributed by atoms with E-state index in [0.29, 0.717) is 6.61 Å². The Morgan fingerprint density at radius 1 is 0.625 bits per heavy atom. The summed E-state index contributed by atoms with van der Waals surface area (Å²) >= 11 is 0. The van der Waals surface area contributed by atoms with E-state index in [0.717, 1.165) is 12.8 Å². The van der Waals surface area contributed by atoms with Crippen LogP contribution in [0.15, 0.2) is 54.6 Å². The molecule has 0 bridgehead atoms. The number of aryl methyl sites for hydroxylation is 1. The maximum Gasteiger partial charge on any atom is 0.327 e. The Balaban J connectivity index is 1.34. The highest BCUT2D eigenvalue weighted by atomic mass is 31.2. The van der Waals surface area contributed by atoms with E-state index in [4.69, 9.17) is 14.3 Å². The van der Waals surface area contributed by atoms with Crippen molar-refractivity contribution in [1.82, 2.24) is 0 Å². The van der Waals surface area contributed by atoms with Gasteiger partial charge in [-0.2, -0.15) is 0 Å². The van der Waals surface area contributed by atoms with Gasteiger partial charge in [0.2, 0.25) is 0 Å². The number of unbranched alkanes of at least 4 members (excludes halogenated alkanes) is 12. The highest BCUT2D eigenvalue weighted by Gasteiger charge is 2.00. The zero-order valence-corrected chi connectivity index (χ0v) is 20.7. The normalized spacial score (nSPS) is 11.8. The monoisotopic (exact) mass is 458 g/mol. The average Bonchev–Trinajstić information content (AvgIpc) is 2.80. The SMILES string of the molecule is OP(O)OCCCCCCCC/C=C\CCCCCCCCc1cccc2ccccc12. The van der Waals surface area contributed by atoms with Crippen molar-refractivity contribution < 1.29 is 14.3 Å². The largest absolute Gasteiger partial charge is 0.328 e. The summed E-state index contributed by atoms with van der Waals surface area (Å²) in [6, 6.07) is 15.4. The summed E-state index contributed by atoms with van der Waals surface area (Å²) in [5.74, 6) is 0. The Kier molecular flexibility index (Phi) is 15.4. The van der Waals surface area contributed by atoms with Crippen molar-refractivity contribution in [2.45, 2.75) is 96.3 Å². The first kappa shape index (κ1) is 27.0. The van der Waals surface area contributed by atoms with Crippen molar-refractivity contribution in [2.75, 3.05) is 6.61 Å². The molecule has 0 aliphatic carbocycles. The topological polar surface area (TPSA) is 49.7 Å². The number of allylic oxidation sites excluding steroid dienone is 2. The van der Waals surface area contributed by atoms with E-state index >= 15 is 0 Å². The van der Waals surface area contributed by atoms with Crippen LogP contribution in [0.2, 0.25) is 0 Å². The van der Waals surface area contributed by atoms with E-state index < -0.39 is 8.60 Å². The molecule has 2 N–H and O–H groups in total. The molecule has 0 saturated carbocycles. The van der Waals surface area contributed by atoms with E-state index in [9.17, 15) is 0 Å². The van der Waals surface area contributed by atoms with Crippen molar-refractivity contribution in [3.8, 4) is 0 Å². The molecule has 0 atom stereocenters. The average molecular weight is 459 g/mol. The van der Waals surface area contributed by atoms with Crippen LogP contribution in [0.25, 0.3) is 10.8 Å². The van der Waals surface area contributed by atoms with E-state index in [1.807, 2.05) is 0 Å². The first-order chi connectivity index (χ1) is 15.8. The molecule has 0 fully saturated rings. The van der Waals surface area contributed by atoms with Crippen LogP contribution in [-0.4, -0.2) is 16.4 Å². The Hall–Kier alpha value is -1.25. The lowest BCUT2D eigenvalue weighted by Gasteiger charge is -2.06. The minimum absolute atomic E-state index is 0.465. The number of rotatable bonds is 19. The number of fused-ring (bicyclic) bond motifs is 1. The molecule has 32 heavy (non-hydrogen) atoms. The van der Waals surface area contributed by atoms with Gasteiger partial charge >= 0.3 is 8.60 Å². The van der Waals surface area contributed by atoms with Gasteiger partial charge in [-0.25, -0.2) is 0 Å². The molecular weight excluding hydrogens is 415 g/mol. The smallest absolute Gasteiger partial charge is 0.327 e. The minimum atomic E-state index is -2.17. The first-order valence-electron chi connectivity index (χ1n) is 12.7. The summed E-state index contributed by atoms with van der Waals surface area (Å²) in [5, 5.41) is 2.79. The van der Waals surface area contributed by atoms with Gasteiger partial charge < -0.3 is 14.3 Å². The molecule has 178 valence electrons. The highest BCUT2D eigenvalue weighted by Crippen LogP contribution is 2.24. The van der Waals surface area contributed by atoms with Crippen LogP contribution in [0, 0.1) is 0 Å². The summed E-state index contributed by atoms with van der Waals surface area (Å²) < 4.78 is 4.76. The van der Waals surface area contributed by atoms with Crippen LogP contribution in [0.1, 0.15) is 95.5 Å². The summed E-state index contributed by atoms with van der Waals surface area (Å²) in [4.78, 5) is 17.3. The number of hydrogen-bond acceptors (Lipinski definition) is 3. The lowest BCUT2D eigenvalue weighted by atomic mass is 9.99. The molecule has 3 nitrogen and oxygen atoms in total. The fraction of sp³-hybridized carbons (Fsp3) is 0.571. The molecule has 0 unspecified atom stereocenters. The zero-order valence-electron chi connectivity index (χ0n) is 19.8. The molecule has 0 heterocycles. The quantitative estimate of drug-likeness (QED) is 0.126. The highest BCUT2D eigenvalue weighted by molar-refractivity contribution is 7.39. The van der Waals surface area contributed by atoms with Crippen LogP contribution in [0.5, 0.6) is 0 Å². The number of hydrogen-bond donors (Lipinski definition) is 2. The number of benzene rings is 2. The van der Waals surface area contributed by atoms with Gasteiger partial charge in [0, 0.05) is 0 Å². The molecule has 0 aliphatic heterocycles. The van der Waals surface area contributed by atoms with Crippen molar-refractivity contribution >= 4 is 19.4 Å². The van der Waals surface area contributed by atoms with Crippen LogP contribution in [-0.2, 0) is 10.9 Å².